The molecule has 3 aliphatic carbocycles. The Labute approximate surface area is 147 Å². The predicted molar refractivity (Wildman–Crippen MR) is 104 cm³/mol. The predicted octanol–water partition coefficient (Wildman–Crippen LogP) is 3.41. The number of hydrogen-bond donors (Lipinski definition) is 1. The zero-order valence-electron chi connectivity index (χ0n) is 14.9. The van der Waals surface area contributed by atoms with Gasteiger partial charge in [0, 0.05) is 5.92 Å². The van der Waals surface area contributed by atoms with E-state index < -0.39 is 0 Å². The van der Waals surface area contributed by atoms with Crippen molar-refractivity contribution in [2.45, 2.75) is 32.3 Å². The first kappa shape index (κ1) is 16.3. The van der Waals surface area contributed by atoms with Crippen molar-refractivity contribution in [3.8, 4) is 0 Å². The van der Waals surface area contributed by atoms with E-state index in [2.05, 4.69) is 80.2 Å². The fourth-order valence-corrected chi connectivity index (χ4v) is 8.57. The third-order valence-corrected chi connectivity index (χ3v) is 9.78. The summed E-state index contributed by atoms with van der Waals surface area (Å²) in [6.45, 7) is 6.08. The van der Waals surface area contributed by atoms with E-state index in [1.54, 1.807) is 10.6 Å². The Kier molecular flexibility index (Phi) is 4.27. The fourth-order valence-electron chi connectivity index (χ4n) is 5.32. The molecule has 0 aromatic heterocycles. The molecule has 0 radical (unpaired) electrons. The first-order chi connectivity index (χ1) is 11.6. The van der Waals surface area contributed by atoms with Crippen LogP contribution in [0.25, 0.3) is 0 Å². The zero-order valence-corrected chi connectivity index (χ0v) is 15.8. The quantitative estimate of drug-likeness (QED) is 0.828. The molecule has 0 spiro atoms. The summed E-state index contributed by atoms with van der Waals surface area (Å²) >= 11 is 0. The van der Waals surface area contributed by atoms with Crippen LogP contribution in [-0.2, 0) is 0 Å². The van der Waals surface area contributed by atoms with Gasteiger partial charge in [-0.05, 0) is 54.3 Å². The summed E-state index contributed by atoms with van der Waals surface area (Å²) < 4.78 is 0. The Bertz CT molecular complexity index is 642. The summed E-state index contributed by atoms with van der Waals surface area (Å²) in [6.07, 6.45) is 2.83. The molecule has 0 heterocycles. The molecule has 4 atom stereocenters. The van der Waals surface area contributed by atoms with Crippen molar-refractivity contribution >= 4 is 18.5 Å². The molecule has 0 unspecified atom stereocenters. The molecule has 2 heteroatoms. The van der Waals surface area contributed by atoms with E-state index in [4.69, 9.17) is 0 Å². The smallest absolute Gasteiger partial charge is 0.0777 e. The van der Waals surface area contributed by atoms with Crippen molar-refractivity contribution in [3.63, 3.8) is 0 Å². The monoisotopic (exact) mass is 338 g/mol. The lowest BCUT2D eigenvalue weighted by Gasteiger charge is -2.63. The average Bonchev–Trinajstić information content (AvgIpc) is 2.63. The maximum absolute atomic E-state index is 4.38. The van der Waals surface area contributed by atoms with E-state index in [9.17, 15) is 0 Å². The highest BCUT2D eigenvalue weighted by molar-refractivity contribution is 7.73. The summed E-state index contributed by atoms with van der Waals surface area (Å²) in [6, 6.07) is 22.5. The Hall–Kier alpha value is -1.17. The van der Waals surface area contributed by atoms with Crippen molar-refractivity contribution < 1.29 is 5.73 Å². The normalized spacial score (nSPS) is 30.8. The second-order valence-electron chi connectivity index (χ2n) is 8.16. The van der Waals surface area contributed by atoms with Gasteiger partial charge in [0.25, 0.3) is 0 Å². The van der Waals surface area contributed by atoms with Gasteiger partial charge in [-0.15, -0.1) is 0 Å². The molecule has 0 saturated heterocycles. The zero-order chi connectivity index (χ0) is 16.7. The summed E-state index contributed by atoms with van der Waals surface area (Å²) in [5.74, 6) is 2.56. The lowest BCUT2D eigenvalue weighted by Crippen LogP contribution is -2.66. The maximum atomic E-state index is 4.38. The van der Waals surface area contributed by atoms with Gasteiger partial charge >= 0.3 is 0 Å². The van der Waals surface area contributed by atoms with Gasteiger partial charge in [-0.2, -0.15) is 0 Å². The molecule has 5 rings (SSSR count). The molecule has 3 saturated carbocycles. The van der Waals surface area contributed by atoms with Gasteiger partial charge in [-0.3, -0.25) is 0 Å². The Morgan fingerprint density at radius 2 is 1.46 bits per heavy atom. The minimum atomic E-state index is -0.292. The third kappa shape index (κ3) is 2.54. The van der Waals surface area contributed by atoms with Crippen molar-refractivity contribution in [1.29, 1.82) is 0 Å². The Morgan fingerprint density at radius 1 is 0.917 bits per heavy atom. The number of fused-ring (bicyclic) bond motifs is 2. The largest absolute Gasteiger partial charge is 0.357 e. The van der Waals surface area contributed by atoms with Gasteiger partial charge in [-0.1, -0.05) is 74.5 Å². The van der Waals surface area contributed by atoms with E-state index >= 15 is 0 Å². The van der Waals surface area contributed by atoms with Gasteiger partial charge in [0.1, 0.15) is 0 Å². The van der Waals surface area contributed by atoms with E-state index in [0.717, 1.165) is 30.0 Å². The molecule has 0 amide bonds. The first-order valence-electron chi connectivity index (χ1n) is 9.31. The minimum absolute atomic E-state index is 0.292. The number of rotatable bonds is 4. The molecular formula is C22H29NP+. The van der Waals surface area contributed by atoms with E-state index in [-0.39, 0.29) is 7.92 Å². The van der Waals surface area contributed by atoms with Gasteiger partial charge < -0.3 is 5.73 Å². The minimum Gasteiger partial charge on any atom is -0.357 e. The highest BCUT2D eigenvalue weighted by atomic mass is 31.1. The van der Waals surface area contributed by atoms with E-state index in [0.29, 0.717) is 5.41 Å². The maximum Gasteiger partial charge on any atom is 0.0777 e. The van der Waals surface area contributed by atoms with Crippen LogP contribution in [0.15, 0.2) is 60.7 Å². The lowest BCUT2D eigenvalue weighted by atomic mass is 9.45. The summed E-state index contributed by atoms with van der Waals surface area (Å²) in [5.41, 5.74) is 5.71. The summed E-state index contributed by atoms with van der Waals surface area (Å²) in [5, 5.41) is 3.09. The first-order valence-corrected chi connectivity index (χ1v) is 10.7. The molecule has 3 fully saturated rings. The van der Waals surface area contributed by atoms with Gasteiger partial charge in [0.05, 0.1) is 6.54 Å². The Balaban J connectivity index is 1.75. The number of hydrogen-bond acceptors (Lipinski definition) is 0. The van der Waals surface area contributed by atoms with Crippen LogP contribution < -0.4 is 16.3 Å². The van der Waals surface area contributed by atoms with Crippen LogP contribution in [0.3, 0.4) is 0 Å². The highest BCUT2D eigenvalue weighted by Crippen LogP contribution is 2.66. The van der Waals surface area contributed by atoms with Crippen molar-refractivity contribution in [2.75, 3.05) is 6.54 Å². The van der Waals surface area contributed by atoms with Crippen LogP contribution in [0.1, 0.15) is 26.7 Å². The molecular weight excluding hydrogens is 309 g/mol. The van der Waals surface area contributed by atoms with Crippen LogP contribution >= 0.6 is 7.92 Å². The molecule has 2 bridgehead atoms. The summed E-state index contributed by atoms with van der Waals surface area (Å²) in [7, 11) is -0.292. The third-order valence-electron chi connectivity index (χ3n) is 6.82. The topological polar surface area (TPSA) is 27.6 Å². The molecule has 2 aromatic carbocycles. The highest BCUT2D eigenvalue weighted by Gasteiger charge is 2.59. The molecule has 3 aliphatic rings. The van der Waals surface area contributed by atoms with Crippen LogP contribution in [-0.4, -0.2) is 12.2 Å². The van der Waals surface area contributed by atoms with Gasteiger partial charge in [-0.25, -0.2) is 0 Å². The van der Waals surface area contributed by atoms with Crippen LogP contribution in [0, 0.1) is 23.2 Å². The van der Waals surface area contributed by atoms with Crippen molar-refractivity contribution in [1.82, 2.24) is 0 Å². The fraction of sp³-hybridized carbons (Fsp3) is 0.455. The number of quaternary nitrogens is 1. The van der Waals surface area contributed by atoms with Gasteiger partial charge in [0.15, 0.2) is 0 Å². The molecule has 0 aliphatic heterocycles. The second kappa shape index (κ2) is 6.28. The second-order valence-corrected chi connectivity index (χ2v) is 10.6. The summed E-state index contributed by atoms with van der Waals surface area (Å²) in [4.78, 5) is 0. The number of benzene rings is 2. The van der Waals surface area contributed by atoms with Crippen LogP contribution in [0.5, 0.6) is 0 Å². The molecule has 126 valence electrons. The average molecular weight is 338 g/mol. The SMILES string of the molecule is CC1(C)[C@H]2C[C@H](P(c3ccccc3)c3ccccc3)[C@@H](C[NH3+])[C@@H]1C2. The van der Waals surface area contributed by atoms with E-state index in [1.807, 2.05) is 0 Å². The van der Waals surface area contributed by atoms with Crippen molar-refractivity contribution in [2.24, 2.45) is 23.2 Å². The van der Waals surface area contributed by atoms with Crippen LogP contribution in [0.4, 0.5) is 0 Å². The molecule has 1 nitrogen and oxygen atoms in total. The lowest BCUT2D eigenvalue weighted by molar-refractivity contribution is -0.390. The molecule has 24 heavy (non-hydrogen) atoms. The molecule has 3 N–H and O–H groups in total. The Morgan fingerprint density at radius 3 is 1.92 bits per heavy atom. The molecule has 2 aromatic rings. The standard InChI is InChI=1S/C22H28NP/c1-22(2)16-13-20(22)19(15-23)21(14-16)24(17-9-5-3-6-10-17)18-11-7-4-8-12-18/h3-12,16,19-21H,13-15,23H2,1-2H3/p+1/t16-,19+,20+,21+/m1/s1. The van der Waals surface area contributed by atoms with E-state index in [1.165, 1.54) is 12.8 Å². The van der Waals surface area contributed by atoms with Crippen molar-refractivity contribution in [3.05, 3.63) is 60.7 Å². The van der Waals surface area contributed by atoms with Crippen LogP contribution in [0.2, 0.25) is 0 Å². The van der Waals surface area contributed by atoms with Gasteiger partial charge in [0.2, 0.25) is 0 Å².